The predicted molar refractivity (Wildman–Crippen MR) is 200 cm³/mol. The first-order valence-electron chi connectivity index (χ1n) is 22.3. The number of rotatable bonds is 6. The molecule has 268 valence electrons. The molecule has 0 aromatic carbocycles. The standard InChI is InChI=1S/C45H77Si.W/c1-31-30-43-39(37-26-22-35(23-27-37)33-14-8-5-9-15-33)17-11-19-42(43)45(31)46(2,3)44-29-28-40-38(16-10-18-41(40)44)36-24-20-34(21-25-36)32-12-6-4-7-13-32;/h29,31-45H,4-28,30H2,1-3H3;/q-1;. The zero-order valence-corrected chi connectivity index (χ0v) is 35.5. The molecule has 0 spiro atoms. The van der Waals surface area contributed by atoms with Crippen LogP contribution in [0, 0.1) is 83.4 Å². The van der Waals surface area contributed by atoms with Crippen molar-refractivity contribution < 1.29 is 21.1 Å². The van der Waals surface area contributed by atoms with E-state index in [0.717, 1.165) is 88.0 Å². The maximum absolute atomic E-state index is 3.04. The Hall–Kier alpha value is 0.905. The van der Waals surface area contributed by atoms with Crippen molar-refractivity contribution in [3.8, 4) is 0 Å². The van der Waals surface area contributed by atoms with Crippen LogP contribution in [0.4, 0.5) is 0 Å². The summed E-state index contributed by atoms with van der Waals surface area (Å²) >= 11 is 0. The average Bonchev–Trinajstić information content (AvgIpc) is 3.71. The van der Waals surface area contributed by atoms with E-state index in [9.17, 15) is 0 Å². The molecule has 2 heteroatoms. The van der Waals surface area contributed by atoms with Gasteiger partial charge in [0.05, 0.1) is 0 Å². The fourth-order valence-corrected chi connectivity index (χ4v) is 22.4. The van der Waals surface area contributed by atoms with Crippen LogP contribution in [0.1, 0.15) is 174 Å². The molecule has 8 saturated carbocycles. The van der Waals surface area contributed by atoms with Gasteiger partial charge in [0.1, 0.15) is 0 Å². The quantitative estimate of drug-likeness (QED) is 0.185. The van der Waals surface area contributed by atoms with Crippen LogP contribution in [0.15, 0.2) is 0 Å². The van der Waals surface area contributed by atoms with Crippen molar-refractivity contribution in [3.63, 3.8) is 0 Å². The minimum absolute atomic E-state index is 0. The molecule has 47 heavy (non-hydrogen) atoms. The van der Waals surface area contributed by atoms with Gasteiger partial charge >= 0.3 is 0 Å². The van der Waals surface area contributed by atoms with E-state index >= 15 is 0 Å². The molecule has 0 aromatic heterocycles. The van der Waals surface area contributed by atoms with Crippen molar-refractivity contribution in [1.29, 1.82) is 0 Å². The summed E-state index contributed by atoms with van der Waals surface area (Å²) < 4.78 is 0. The largest absolute Gasteiger partial charge is 0.327 e. The molecule has 0 aliphatic heterocycles. The Balaban J connectivity index is 0.00000351. The SMILES string of the molecule is CC1CC2C(C3CCC(C4CCCCC4)CC3)CCCC2C1[Si](C)(C)C1[CH-]CC2C(C3CCC(C4CCCCC4)CC3)CCCC21.[W]. The Bertz CT molecular complexity index is 962. The van der Waals surface area contributed by atoms with Gasteiger partial charge < -0.3 is 6.42 Å². The van der Waals surface area contributed by atoms with Crippen LogP contribution < -0.4 is 0 Å². The molecule has 9 atom stereocenters. The van der Waals surface area contributed by atoms with Crippen molar-refractivity contribution in [3.05, 3.63) is 6.42 Å². The van der Waals surface area contributed by atoms with E-state index in [1.165, 1.54) is 44.9 Å². The summed E-state index contributed by atoms with van der Waals surface area (Å²) in [6, 6.07) is 0. The Morgan fingerprint density at radius 1 is 0.404 bits per heavy atom. The molecule has 0 nitrogen and oxygen atoms in total. The van der Waals surface area contributed by atoms with Crippen LogP contribution in [0.2, 0.25) is 24.2 Å². The molecule has 0 N–H and O–H groups in total. The second-order valence-electron chi connectivity index (χ2n) is 20.5. The summed E-state index contributed by atoms with van der Waals surface area (Å²) in [7, 11) is -1.40. The fraction of sp³-hybridized carbons (Fsp3) is 0.978. The maximum atomic E-state index is 3.04. The van der Waals surface area contributed by atoms with Crippen molar-refractivity contribution in [2.75, 3.05) is 0 Å². The monoisotopic (exact) mass is 830 g/mol. The third kappa shape index (κ3) is 7.29. The smallest absolute Gasteiger partial charge is 0.0251 e. The molecule has 0 aromatic rings. The normalized spacial score (nSPS) is 47.2. The van der Waals surface area contributed by atoms with Crippen LogP contribution in [0.5, 0.6) is 0 Å². The molecular weight excluding hydrogens is 752 g/mol. The van der Waals surface area contributed by atoms with Crippen LogP contribution >= 0.6 is 0 Å². The zero-order valence-electron chi connectivity index (χ0n) is 31.5. The van der Waals surface area contributed by atoms with Gasteiger partial charge in [-0.1, -0.05) is 122 Å². The summed E-state index contributed by atoms with van der Waals surface area (Å²) in [4.78, 5) is 0. The van der Waals surface area contributed by atoms with E-state index in [2.05, 4.69) is 26.4 Å². The van der Waals surface area contributed by atoms with Gasteiger partial charge in [-0.05, 0) is 141 Å². The van der Waals surface area contributed by atoms with Crippen LogP contribution in [-0.4, -0.2) is 8.07 Å². The third-order valence-corrected chi connectivity index (χ3v) is 23.5. The molecule has 8 fully saturated rings. The Labute approximate surface area is 309 Å². The van der Waals surface area contributed by atoms with Gasteiger partial charge in [0.2, 0.25) is 0 Å². The van der Waals surface area contributed by atoms with Crippen molar-refractivity contribution in [2.24, 2.45) is 76.9 Å². The topological polar surface area (TPSA) is 0 Å². The predicted octanol–water partition coefficient (Wildman–Crippen LogP) is 13.9. The number of hydrogen-bond acceptors (Lipinski definition) is 0. The Morgan fingerprint density at radius 3 is 1.36 bits per heavy atom. The second kappa shape index (κ2) is 15.9. The summed E-state index contributed by atoms with van der Waals surface area (Å²) in [5.41, 5.74) is 2.15. The summed E-state index contributed by atoms with van der Waals surface area (Å²) in [6.07, 6.45) is 44.1. The van der Waals surface area contributed by atoms with E-state index in [1.54, 1.807) is 122 Å². The first-order valence-corrected chi connectivity index (χ1v) is 25.5. The van der Waals surface area contributed by atoms with Gasteiger partial charge in [0.25, 0.3) is 0 Å². The first kappa shape index (κ1) is 36.3. The van der Waals surface area contributed by atoms with E-state index in [0.29, 0.717) is 0 Å². The van der Waals surface area contributed by atoms with Gasteiger partial charge in [0.15, 0.2) is 0 Å². The van der Waals surface area contributed by atoms with Crippen molar-refractivity contribution in [2.45, 2.75) is 198 Å². The first-order chi connectivity index (χ1) is 22.5. The summed E-state index contributed by atoms with van der Waals surface area (Å²) in [6.45, 7) is 8.69. The average molecular weight is 830 g/mol. The molecule has 0 radical (unpaired) electrons. The molecule has 8 aliphatic carbocycles. The molecule has 0 saturated heterocycles. The summed E-state index contributed by atoms with van der Waals surface area (Å²) in [5, 5.41) is 0. The zero-order chi connectivity index (χ0) is 31.3. The van der Waals surface area contributed by atoms with Gasteiger partial charge in [-0.25, -0.2) is 0 Å². The molecule has 9 unspecified atom stereocenters. The van der Waals surface area contributed by atoms with E-state index in [1.807, 2.05) is 0 Å². The minimum Gasteiger partial charge on any atom is -0.327 e. The molecule has 0 amide bonds. The summed E-state index contributed by atoms with van der Waals surface area (Å²) in [5.74, 6) is 14.2. The second-order valence-corrected chi connectivity index (χ2v) is 25.5. The van der Waals surface area contributed by atoms with Gasteiger partial charge in [-0.3, -0.25) is 0 Å². The van der Waals surface area contributed by atoms with Crippen molar-refractivity contribution in [1.82, 2.24) is 0 Å². The van der Waals surface area contributed by atoms with E-state index in [4.69, 9.17) is 0 Å². The maximum Gasteiger partial charge on any atom is 0.0251 e. The number of fused-ring (bicyclic) bond motifs is 2. The fourth-order valence-electron chi connectivity index (χ4n) is 16.6. The Kier molecular flexibility index (Phi) is 12.3. The van der Waals surface area contributed by atoms with E-state index in [-0.39, 0.29) is 21.1 Å². The minimum atomic E-state index is -1.40. The van der Waals surface area contributed by atoms with Crippen LogP contribution in [-0.2, 0) is 21.1 Å². The van der Waals surface area contributed by atoms with Gasteiger partial charge in [0, 0.05) is 29.1 Å². The Morgan fingerprint density at radius 2 is 0.830 bits per heavy atom. The van der Waals surface area contributed by atoms with Gasteiger partial charge in [-0.15, -0.1) is 0 Å². The van der Waals surface area contributed by atoms with Gasteiger partial charge in [-0.2, -0.15) is 12.0 Å². The molecule has 0 bridgehead atoms. The molecule has 8 rings (SSSR count). The molecule has 8 aliphatic rings. The third-order valence-electron chi connectivity index (χ3n) is 18.4. The van der Waals surface area contributed by atoms with Crippen LogP contribution in [0.3, 0.4) is 0 Å². The molecular formula is C45H77SiW-. The molecule has 0 heterocycles. The van der Waals surface area contributed by atoms with Crippen molar-refractivity contribution >= 4 is 8.07 Å². The number of hydrogen-bond donors (Lipinski definition) is 0. The van der Waals surface area contributed by atoms with E-state index < -0.39 is 8.07 Å². The van der Waals surface area contributed by atoms with Crippen LogP contribution in [0.25, 0.3) is 0 Å².